The van der Waals surface area contributed by atoms with Crippen LogP contribution in [0.5, 0.6) is 0 Å². The first kappa shape index (κ1) is 31.8. The van der Waals surface area contributed by atoms with Gasteiger partial charge >= 0.3 is 0 Å². The van der Waals surface area contributed by atoms with Gasteiger partial charge in [-0.2, -0.15) is 0 Å². The van der Waals surface area contributed by atoms with Crippen molar-refractivity contribution in [3.05, 3.63) is 0 Å². The molecule has 10 nitrogen and oxygen atoms in total. The molecule has 5 aliphatic carbocycles. The first-order chi connectivity index (χ1) is 20.9. The van der Waals surface area contributed by atoms with Crippen LogP contribution < -0.4 is 0 Å². The van der Waals surface area contributed by atoms with E-state index in [9.17, 15) is 30.6 Å². The molecule has 256 valence electrons. The molecule has 3 saturated heterocycles. The molecule has 8 rings (SSSR count). The Kier molecular flexibility index (Phi) is 6.53. The zero-order valence-electron chi connectivity index (χ0n) is 28.0. The predicted octanol–water partition coefficient (Wildman–Crippen LogP) is 2.09. The topological polar surface area (TPSA) is 158 Å². The molecule has 2 bridgehead atoms. The van der Waals surface area contributed by atoms with Gasteiger partial charge in [0.2, 0.25) is 0 Å². The minimum Gasteiger partial charge on any atom is -0.394 e. The van der Waals surface area contributed by atoms with Crippen LogP contribution in [0.1, 0.15) is 93.4 Å². The normalized spacial score (nSPS) is 62.5. The molecule has 3 aliphatic heterocycles. The van der Waals surface area contributed by atoms with E-state index in [0.29, 0.717) is 6.42 Å². The lowest BCUT2D eigenvalue weighted by Gasteiger charge is -2.64. The van der Waals surface area contributed by atoms with Crippen LogP contribution >= 0.6 is 0 Å². The Bertz CT molecular complexity index is 1240. The lowest BCUT2D eigenvalue weighted by Crippen LogP contribution is -2.64. The average Bonchev–Trinajstić information content (AvgIpc) is 3.30. The number of ether oxygens (including phenoxy) is 4. The second-order valence-electron chi connectivity index (χ2n) is 18.4. The summed E-state index contributed by atoms with van der Waals surface area (Å²) in [4.78, 5) is 0. The highest BCUT2D eigenvalue weighted by Gasteiger charge is 2.89. The Morgan fingerprint density at radius 2 is 1.60 bits per heavy atom. The van der Waals surface area contributed by atoms with Crippen molar-refractivity contribution < 1.29 is 49.6 Å². The van der Waals surface area contributed by atoms with Gasteiger partial charge in [-0.25, -0.2) is 0 Å². The Morgan fingerprint density at radius 3 is 2.24 bits per heavy atom. The number of aliphatic hydroxyl groups excluding tert-OH is 5. The van der Waals surface area contributed by atoms with Gasteiger partial charge in [-0.05, 0) is 98.2 Å². The van der Waals surface area contributed by atoms with E-state index in [1.165, 1.54) is 0 Å². The lowest BCUT2D eigenvalue weighted by atomic mass is 9.40. The third-order valence-corrected chi connectivity index (χ3v) is 15.9. The predicted molar refractivity (Wildman–Crippen MR) is 160 cm³/mol. The lowest BCUT2D eigenvalue weighted by molar-refractivity contribution is -0.285. The van der Waals surface area contributed by atoms with Crippen molar-refractivity contribution in [1.82, 2.24) is 0 Å². The Hall–Kier alpha value is -0.400. The van der Waals surface area contributed by atoms with E-state index in [-0.39, 0.29) is 57.5 Å². The zero-order valence-corrected chi connectivity index (χ0v) is 28.0. The highest BCUT2D eigenvalue weighted by atomic mass is 16.8. The van der Waals surface area contributed by atoms with Crippen LogP contribution in [0, 0.1) is 50.7 Å². The van der Waals surface area contributed by atoms with Crippen molar-refractivity contribution in [3.63, 3.8) is 0 Å². The maximum atomic E-state index is 12.7. The zero-order chi connectivity index (χ0) is 32.5. The van der Waals surface area contributed by atoms with Gasteiger partial charge in [-0.1, -0.05) is 34.6 Å². The van der Waals surface area contributed by atoms with E-state index in [0.717, 1.165) is 38.5 Å². The van der Waals surface area contributed by atoms with Gasteiger partial charge in [0.05, 0.1) is 30.5 Å². The van der Waals surface area contributed by atoms with Crippen molar-refractivity contribution in [2.75, 3.05) is 6.61 Å². The highest BCUT2D eigenvalue weighted by Crippen LogP contribution is 2.90. The first-order valence-electron chi connectivity index (χ1n) is 17.6. The molecular weight excluding hydrogens is 580 g/mol. The van der Waals surface area contributed by atoms with E-state index >= 15 is 0 Å². The van der Waals surface area contributed by atoms with Crippen LogP contribution in [0.4, 0.5) is 0 Å². The third-order valence-electron chi connectivity index (χ3n) is 15.9. The fraction of sp³-hybridized carbons (Fsp3) is 1.00. The smallest absolute Gasteiger partial charge is 0.199 e. The van der Waals surface area contributed by atoms with Crippen LogP contribution in [0.2, 0.25) is 0 Å². The standard InChI is InChI=1S/C35H56O10/c1-16-12-18-26(30(4,5)41)45-35(44-18)24(16)31(6)10-11-34-15-33(34)9-8-21(43-27-23(39)22(38)19(14-36)42-27)29(2,3)20(33)13-17(37)25(34)32(31,7)28(35)40/h16-28,36-41H,8-15H2,1-7H3. The van der Waals surface area contributed by atoms with Gasteiger partial charge in [0, 0.05) is 11.3 Å². The molecular formula is C35H56O10. The molecule has 5 saturated carbocycles. The molecule has 0 radical (unpaired) electrons. The van der Waals surface area contributed by atoms with Gasteiger partial charge in [-0.15, -0.1) is 0 Å². The first-order valence-corrected chi connectivity index (χ1v) is 17.6. The largest absolute Gasteiger partial charge is 0.394 e. The van der Waals surface area contributed by atoms with Crippen molar-refractivity contribution in [2.45, 2.75) is 160 Å². The quantitative estimate of drug-likeness (QED) is 0.270. The highest BCUT2D eigenvalue weighted by molar-refractivity contribution is 5.35. The van der Waals surface area contributed by atoms with Crippen molar-refractivity contribution in [1.29, 1.82) is 0 Å². The number of hydrogen-bond acceptors (Lipinski definition) is 10. The van der Waals surface area contributed by atoms with E-state index in [1.54, 1.807) is 13.8 Å². The van der Waals surface area contributed by atoms with E-state index in [1.807, 2.05) is 0 Å². The molecule has 18 unspecified atom stereocenters. The van der Waals surface area contributed by atoms with Crippen molar-refractivity contribution in [2.24, 2.45) is 50.7 Å². The van der Waals surface area contributed by atoms with Gasteiger partial charge in [0.1, 0.15) is 30.5 Å². The molecule has 0 aromatic heterocycles. The molecule has 18 atom stereocenters. The molecule has 6 N–H and O–H groups in total. The van der Waals surface area contributed by atoms with Crippen LogP contribution in [0.25, 0.3) is 0 Å². The van der Waals surface area contributed by atoms with E-state index in [2.05, 4.69) is 34.6 Å². The Balaban J connectivity index is 1.12. The summed E-state index contributed by atoms with van der Waals surface area (Å²) in [5.74, 6) is -0.979. The summed E-state index contributed by atoms with van der Waals surface area (Å²) in [7, 11) is 0. The van der Waals surface area contributed by atoms with Crippen molar-refractivity contribution in [3.8, 4) is 0 Å². The summed E-state index contributed by atoms with van der Waals surface area (Å²) < 4.78 is 25.7. The van der Waals surface area contributed by atoms with Crippen molar-refractivity contribution >= 4 is 0 Å². The molecule has 45 heavy (non-hydrogen) atoms. The maximum absolute atomic E-state index is 12.7. The summed E-state index contributed by atoms with van der Waals surface area (Å²) in [5, 5.41) is 66.6. The van der Waals surface area contributed by atoms with Gasteiger partial charge in [-0.3, -0.25) is 0 Å². The molecule has 0 aromatic carbocycles. The summed E-state index contributed by atoms with van der Waals surface area (Å²) in [6.45, 7) is 14.3. The Labute approximate surface area is 266 Å². The average molecular weight is 637 g/mol. The molecule has 8 aliphatic rings. The van der Waals surface area contributed by atoms with E-state index in [4.69, 9.17) is 18.9 Å². The minimum absolute atomic E-state index is 0.0131. The fourth-order valence-electron chi connectivity index (χ4n) is 14.0. The van der Waals surface area contributed by atoms with Crippen LogP contribution in [0.15, 0.2) is 0 Å². The second kappa shape index (κ2) is 9.23. The molecule has 8 fully saturated rings. The second-order valence-corrected chi connectivity index (χ2v) is 18.4. The SMILES string of the molecule is CC1CC2OC3(OC2C(C)(C)O)C1C1(C)CCC24CC25CCC(OC2OC(CO)C(O)C2O)C(C)(C)C5CC(O)C4C1(C)C3O. The van der Waals surface area contributed by atoms with Gasteiger partial charge in [0.25, 0.3) is 0 Å². The molecule has 3 spiro atoms. The van der Waals surface area contributed by atoms with Crippen LogP contribution in [-0.4, -0.2) is 104 Å². The number of fused-ring (bicyclic) bond motifs is 4. The Morgan fingerprint density at radius 1 is 0.889 bits per heavy atom. The fourth-order valence-corrected chi connectivity index (χ4v) is 14.0. The maximum Gasteiger partial charge on any atom is 0.199 e. The monoisotopic (exact) mass is 636 g/mol. The molecule has 0 aromatic rings. The van der Waals surface area contributed by atoms with Gasteiger partial charge in [0.15, 0.2) is 12.1 Å². The van der Waals surface area contributed by atoms with Gasteiger partial charge < -0.3 is 49.6 Å². The minimum atomic E-state index is -1.23. The summed E-state index contributed by atoms with van der Waals surface area (Å²) in [6.07, 6.45) is -0.995. The molecule has 10 heteroatoms. The van der Waals surface area contributed by atoms with Crippen LogP contribution in [-0.2, 0) is 18.9 Å². The number of rotatable bonds is 4. The van der Waals surface area contributed by atoms with Crippen LogP contribution in [0.3, 0.4) is 0 Å². The summed E-state index contributed by atoms with van der Waals surface area (Å²) >= 11 is 0. The van der Waals surface area contributed by atoms with E-state index < -0.39 is 66.3 Å². The number of aliphatic hydroxyl groups is 6. The molecule has 3 heterocycles. The number of hydrogen-bond donors (Lipinski definition) is 6. The molecule has 0 amide bonds. The summed E-state index contributed by atoms with van der Waals surface area (Å²) in [5.41, 5.74) is -2.54. The summed E-state index contributed by atoms with van der Waals surface area (Å²) in [6, 6.07) is 0. The third kappa shape index (κ3) is 3.51.